The summed E-state index contributed by atoms with van der Waals surface area (Å²) in [6.45, 7) is -0.170. The van der Waals surface area contributed by atoms with Gasteiger partial charge < -0.3 is 10.4 Å². The number of para-hydroxylation sites is 1. The number of hydrogen-bond donors (Lipinski definition) is 2. The first-order chi connectivity index (χ1) is 17.3. The molecule has 1 saturated heterocycles. The average molecular weight is 499 g/mol. The van der Waals surface area contributed by atoms with Gasteiger partial charge in [-0.2, -0.15) is 0 Å². The van der Waals surface area contributed by atoms with Gasteiger partial charge in [0.25, 0.3) is 0 Å². The third kappa shape index (κ3) is 3.72. The third-order valence-electron chi connectivity index (χ3n) is 6.31. The molecule has 2 N–H and O–H groups in total. The van der Waals surface area contributed by atoms with Crippen molar-refractivity contribution in [1.29, 1.82) is 0 Å². The second-order valence-electron chi connectivity index (χ2n) is 8.40. The van der Waals surface area contributed by atoms with Gasteiger partial charge in [-0.25, -0.2) is 18.0 Å². The number of nitrogens with one attached hydrogen (secondary N) is 1. The van der Waals surface area contributed by atoms with Crippen LogP contribution in [-0.2, 0) is 14.7 Å². The smallest absolute Gasteiger partial charge is 0.335 e. The highest BCUT2D eigenvalue weighted by Crippen LogP contribution is 2.44. The molecule has 1 aliphatic rings. The highest BCUT2D eigenvalue weighted by Gasteiger charge is 2.57. The molecule has 1 aliphatic heterocycles. The first-order valence-corrected chi connectivity index (χ1v) is 12.7. The molecule has 1 heterocycles. The Balaban J connectivity index is 1.77. The van der Waals surface area contributed by atoms with Crippen LogP contribution < -0.4 is 10.2 Å². The van der Waals surface area contributed by atoms with Crippen molar-refractivity contribution in [1.82, 2.24) is 5.32 Å². The number of sulfone groups is 1. The number of carboxylic acids is 1. The fourth-order valence-electron chi connectivity index (χ4n) is 4.59. The Morgan fingerprint density at radius 1 is 0.806 bits per heavy atom. The maximum atomic E-state index is 14.4. The standard InChI is InChI=1S/C28H22N2O5S/c31-26(32)22-11-7-9-20(17-22)21-10-8-12-23(18-21)28(36(34,35)25-15-5-2-6-16-25)19-29-27(33)30(28)24-13-3-1-4-14-24/h1-18H,19H2,(H,29,33)(H,31,32). The van der Waals surface area contributed by atoms with E-state index in [0.717, 1.165) is 0 Å². The number of anilines is 1. The lowest BCUT2D eigenvalue weighted by Gasteiger charge is -2.37. The molecule has 0 aliphatic carbocycles. The van der Waals surface area contributed by atoms with Crippen LogP contribution in [-0.4, -0.2) is 32.1 Å². The van der Waals surface area contributed by atoms with Crippen molar-refractivity contribution >= 4 is 27.5 Å². The molecule has 36 heavy (non-hydrogen) atoms. The van der Waals surface area contributed by atoms with E-state index in [-0.39, 0.29) is 17.0 Å². The average Bonchev–Trinajstić information content (AvgIpc) is 3.28. The van der Waals surface area contributed by atoms with E-state index in [9.17, 15) is 23.1 Å². The summed E-state index contributed by atoms with van der Waals surface area (Å²) in [5, 5.41) is 12.2. The number of carbonyl (C=O) groups excluding carboxylic acids is 1. The highest BCUT2D eigenvalue weighted by molar-refractivity contribution is 7.92. The number of amides is 2. The molecule has 8 heteroatoms. The maximum Gasteiger partial charge on any atom is 0.335 e. The molecular weight excluding hydrogens is 476 g/mol. The van der Waals surface area contributed by atoms with Gasteiger partial charge in [-0.05, 0) is 59.2 Å². The van der Waals surface area contributed by atoms with Crippen LogP contribution in [0.5, 0.6) is 0 Å². The predicted molar refractivity (Wildman–Crippen MR) is 136 cm³/mol. The molecular formula is C28H22N2O5S. The van der Waals surface area contributed by atoms with Crippen molar-refractivity contribution in [2.24, 2.45) is 0 Å². The summed E-state index contributed by atoms with van der Waals surface area (Å²) in [6, 6.07) is 29.5. The molecule has 0 spiro atoms. The quantitative estimate of drug-likeness (QED) is 0.393. The SMILES string of the molecule is O=C(O)c1cccc(-c2cccc(C3(S(=O)(=O)c4ccccc4)CNC(=O)N3c3ccccc3)c2)c1. The topological polar surface area (TPSA) is 104 Å². The number of aromatic carboxylic acids is 1. The minimum Gasteiger partial charge on any atom is -0.478 e. The monoisotopic (exact) mass is 498 g/mol. The van der Waals surface area contributed by atoms with Crippen LogP contribution in [0.3, 0.4) is 0 Å². The first-order valence-electron chi connectivity index (χ1n) is 11.2. The second-order valence-corrected chi connectivity index (χ2v) is 10.6. The van der Waals surface area contributed by atoms with Gasteiger partial charge in [0.15, 0.2) is 4.87 Å². The second kappa shape index (κ2) is 8.98. The molecule has 0 aromatic heterocycles. The molecule has 1 fully saturated rings. The molecule has 0 saturated carbocycles. The Morgan fingerprint density at radius 2 is 1.42 bits per heavy atom. The summed E-state index contributed by atoms with van der Waals surface area (Å²) in [5.74, 6) is -1.06. The Morgan fingerprint density at radius 3 is 2.08 bits per heavy atom. The van der Waals surface area contributed by atoms with E-state index in [1.54, 1.807) is 84.9 Å². The zero-order valence-electron chi connectivity index (χ0n) is 19.0. The third-order valence-corrected chi connectivity index (χ3v) is 8.66. The largest absolute Gasteiger partial charge is 0.478 e. The summed E-state index contributed by atoms with van der Waals surface area (Å²) in [6.07, 6.45) is 0. The van der Waals surface area contributed by atoms with Gasteiger partial charge in [-0.1, -0.05) is 66.7 Å². The van der Waals surface area contributed by atoms with Gasteiger partial charge in [-0.3, -0.25) is 4.90 Å². The van der Waals surface area contributed by atoms with Crippen molar-refractivity contribution in [3.63, 3.8) is 0 Å². The first kappa shape index (κ1) is 23.3. The summed E-state index contributed by atoms with van der Waals surface area (Å²) in [5.41, 5.74) is 2.18. The maximum absolute atomic E-state index is 14.4. The lowest BCUT2D eigenvalue weighted by Crippen LogP contribution is -2.51. The van der Waals surface area contributed by atoms with Gasteiger partial charge in [0.2, 0.25) is 9.84 Å². The van der Waals surface area contributed by atoms with Crippen LogP contribution in [0.4, 0.5) is 10.5 Å². The summed E-state index contributed by atoms with van der Waals surface area (Å²) in [4.78, 5) is 24.3. The number of nitrogens with zero attached hydrogens (tertiary/aromatic N) is 1. The van der Waals surface area contributed by atoms with E-state index in [1.165, 1.54) is 29.2 Å². The summed E-state index contributed by atoms with van der Waals surface area (Å²) < 4.78 is 28.7. The molecule has 0 bridgehead atoms. The molecule has 1 unspecified atom stereocenters. The van der Waals surface area contributed by atoms with Gasteiger partial charge in [0.05, 0.1) is 17.0 Å². The fraction of sp³-hybridized carbons (Fsp3) is 0.0714. The number of carbonyl (C=O) groups is 2. The van der Waals surface area contributed by atoms with Crippen LogP contribution >= 0.6 is 0 Å². The lowest BCUT2D eigenvalue weighted by molar-refractivity contribution is 0.0697. The number of urea groups is 1. The Labute approximate surface area is 208 Å². The number of hydrogen-bond acceptors (Lipinski definition) is 4. The van der Waals surface area contributed by atoms with E-state index in [1.807, 2.05) is 0 Å². The summed E-state index contributed by atoms with van der Waals surface area (Å²) in [7, 11) is -4.16. The van der Waals surface area contributed by atoms with Gasteiger partial charge in [-0.15, -0.1) is 0 Å². The van der Waals surface area contributed by atoms with E-state index in [0.29, 0.717) is 22.4 Å². The van der Waals surface area contributed by atoms with Crippen LogP contribution in [0.2, 0.25) is 0 Å². The molecule has 0 radical (unpaired) electrons. The minimum atomic E-state index is -4.16. The van der Waals surface area contributed by atoms with Crippen LogP contribution in [0.1, 0.15) is 15.9 Å². The van der Waals surface area contributed by atoms with Crippen molar-refractivity contribution < 1.29 is 23.1 Å². The molecule has 180 valence electrons. The Bertz CT molecular complexity index is 1560. The predicted octanol–water partition coefficient (Wildman–Crippen LogP) is 4.91. The Hall–Kier alpha value is -4.43. The number of benzene rings is 4. The summed E-state index contributed by atoms with van der Waals surface area (Å²) >= 11 is 0. The zero-order valence-corrected chi connectivity index (χ0v) is 19.9. The van der Waals surface area contributed by atoms with E-state index in [4.69, 9.17) is 0 Å². The Kier molecular flexibility index (Phi) is 5.81. The number of rotatable bonds is 6. The van der Waals surface area contributed by atoms with Crippen molar-refractivity contribution in [2.75, 3.05) is 11.4 Å². The van der Waals surface area contributed by atoms with Crippen molar-refractivity contribution in [3.8, 4) is 11.1 Å². The van der Waals surface area contributed by atoms with Gasteiger partial charge in [0, 0.05) is 5.69 Å². The lowest BCUT2D eigenvalue weighted by atomic mass is 9.97. The van der Waals surface area contributed by atoms with Crippen LogP contribution in [0.25, 0.3) is 11.1 Å². The molecule has 2 amide bonds. The van der Waals surface area contributed by atoms with E-state index in [2.05, 4.69) is 5.32 Å². The number of carboxylic acid groups (broad SMARTS) is 1. The fourth-order valence-corrected chi connectivity index (χ4v) is 6.62. The van der Waals surface area contributed by atoms with E-state index < -0.39 is 26.7 Å². The molecule has 7 nitrogen and oxygen atoms in total. The van der Waals surface area contributed by atoms with Crippen LogP contribution in [0, 0.1) is 0 Å². The molecule has 5 rings (SSSR count). The molecule has 4 aromatic carbocycles. The van der Waals surface area contributed by atoms with E-state index >= 15 is 0 Å². The normalized spacial score (nSPS) is 17.6. The highest BCUT2D eigenvalue weighted by atomic mass is 32.2. The van der Waals surface area contributed by atoms with Crippen LogP contribution in [0.15, 0.2) is 114 Å². The van der Waals surface area contributed by atoms with Gasteiger partial charge >= 0.3 is 12.0 Å². The minimum absolute atomic E-state index is 0.0840. The molecule has 4 aromatic rings. The van der Waals surface area contributed by atoms with Crippen molar-refractivity contribution in [3.05, 3.63) is 120 Å². The van der Waals surface area contributed by atoms with Crippen molar-refractivity contribution in [2.45, 2.75) is 9.77 Å². The zero-order chi connectivity index (χ0) is 25.3. The van der Waals surface area contributed by atoms with Gasteiger partial charge in [0.1, 0.15) is 0 Å². The molecule has 1 atom stereocenters.